The number of amides is 2. The van der Waals surface area contributed by atoms with Gasteiger partial charge in [-0.2, -0.15) is 0 Å². The van der Waals surface area contributed by atoms with Crippen LogP contribution in [0.5, 0.6) is 0 Å². The van der Waals surface area contributed by atoms with Crippen molar-refractivity contribution >= 4 is 40.0 Å². The van der Waals surface area contributed by atoms with E-state index in [0.717, 1.165) is 11.4 Å². The number of rotatable bonds is 7. The first-order valence-corrected chi connectivity index (χ1v) is 9.68. The zero-order valence-corrected chi connectivity index (χ0v) is 16.2. The summed E-state index contributed by atoms with van der Waals surface area (Å²) >= 11 is 1.35. The number of carbonyl (C=O) groups is 2. The molecular weight excluding hydrogens is 372 g/mol. The highest BCUT2D eigenvalue weighted by Gasteiger charge is 2.17. The first-order valence-electron chi connectivity index (χ1n) is 8.80. The van der Waals surface area contributed by atoms with Gasteiger partial charge >= 0.3 is 0 Å². The molecule has 6 nitrogen and oxygen atoms in total. The second-order valence-electron chi connectivity index (χ2n) is 5.94. The maximum atomic E-state index is 12.1. The van der Waals surface area contributed by atoms with E-state index in [9.17, 15) is 9.59 Å². The minimum atomic E-state index is -0.197. The van der Waals surface area contributed by atoms with E-state index < -0.39 is 0 Å². The lowest BCUT2D eigenvalue weighted by molar-refractivity contribution is -0.117. The fourth-order valence-corrected chi connectivity index (χ4v) is 3.39. The molecule has 0 unspecified atom stereocenters. The van der Waals surface area contributed by atoms with E-state index in [0.29, 0.717) is 23.8 Å². The molecule has 3 rings (SSSR count). The summed E-state index contributed by atoms with van der Waals surface area (Å²) in [7, 11) is 0. The van der Waals surface area contributed by atoms with Crippen molar-refractivity contribution < 1.29 is 9.59 Å². The van der Waals surface area contributed by atoms with E-state index >= 15 is 0 Å². The molecule has 1 N–H and O–H groups in total. The zero-order chi connectivity index (χ0) is 19.8. The molecule has 0 bridgehead atoms. The maximum Gasteiger partial charge on any atom is 0.244 e. The molecule has 0 aliphatic rings. The molecule has 28 heavy (non-hydrogen) atoms. The van der Waals surface area contributed by atoms with Crippen LogP contribution in [0.3, 0.4) is 0 Å². The van der Waals surface area contributed by atoms with E-state index in [-0.39, 0.29) is 11.8 Å². The molecule has 0 aliphatic carbocycles. The summed E-state index contributed by atoms with van der Waals surface area (Å²) in [4.78, 5) is 34.3. The van der Waals surface area contributed by atoms with Crippen LogP contribution in [0.1, 0.15) is 18.3 Å². The molecule has 0 saturated carbocycles. The van der Waals surface area contributed by atoms with Crippen molar-refractivity contribution in [1.29, 1.82) is 0 Å². The van der Waals surface area contributed by atoms with Crippen molar-refractivity contribution in [2.45, 2.75) is 13.3 Å². The summed E-state index contributed by atoms with van der Waals surface area (Å²) < 4.78 is 0. The number of thiazole rings is 1. The molecule has 0 radical (unpaired) electrons. The van der Waals surface area contributed by atoms with Crippen molar-refractivity contribution in [3.63, 3.8) is 0 Å². The van der Waals surface area contributed by atoms with Gasteiger partial charge in [0.25, 0.3) is 0 Å². The van der Waals surface area contributed by atoms with E-state index in [1.54, 1.807) is 17.2 Å². The summed E-state index contributed by atoms with van der Waals surface area (Å²) in [5.41, 5.74) is 2.32. The van der Waals surface area contributed by atoms with Gasteiger partial charge in [0.2, 0.25) is 11.8 Å². The second-order valence-corrected chi connectivity index (χ2v) is 6.78. The molecule has 0 aliphatic heterocycles. The van der Waals surface area contributed by atoms with Crippen LogP contribution in [0, 0.1) is 0 Å². The molecule has 0 fully saturated rings. The number of carbonyl (C=O) groups excluding carboxylic acids is 2. The SMILES string of the molecule is CC(=O)N(c1ccccc1)c1nc(/C=C/C(=O)NCCc2ccccn2)cs1. The van der Waals surface area contributed by atoms with Crippen LogP contribution in [0.15, 0.2) is 66.2 Å². The van der Waals surface area contributed by atoms with E-state index in [1.165, 1.54) is 24.3 Å². The normalized spacial score (nSPS) is 10.8. The number of pyridine rings is 1. The topological polar surface area (TPSA) is 75.2 Å². The molecule has 1 aromatic carbocycles. The Morgan fingerprint density at radius 3 is 2.64 bits per heavy atom. The lowest BCUT2D eigenvalue weighted by Crippen LogP contribution is -2.23. The molecule has 0 atom stereocenters. The van der Waals surface area contributed by atoms with Gasteiger partial charge in [-0.3, -0.25) is 19.5 Å². The van der Waals surface area contributed by atoms with Crippen LogP contribution in [0.4, 0.5) is 10.8 Å². The molecular formula is C21H20N4O2S. The number of nitrogens with zero attached hydrogens (tertiary/aromatic N) is 3. The molecule has 2 amide bonds. The van der Waals surface area contributed by atoms with Gasteiger partial charge < -0.3 is 5.32 Å². The average Bonchev–Trinajstić information content (AvgIpc) is 3.16. The Hall–Kier alpha value is -3.32. The largest absolute Gasteiger partial charge is 0.352 e. The molecule has 142 valence electrons. The Morgan fingerprint density at radius 2 is 1.93 bits per heavy atom. The Kier molecular flexibility index (Phi) is 6.64. The Labute approximate surface area is 167 Å². The Balaban J connectivity index is 1.58. The number of aromatic nitrogens is 2. The van der Waals surface area contributed by atoms with Gasteiger partial charge in [-0.15, -0.1) is 11.3 Å². The summed E-state index contributed by atoms with van der Waals surface area (Å²) in [5, 5.41) is 5.20. The number of anilines is 2. The fraction of sp³-hybridized carbons (Fsp3) is 0.143. The lowest BCUT2D eigenvalue weighted by Gasteiger charge is -2.17. The van der Waals surface area contributed by atoms with Gasteiger partial charge in [-0.25, -0.2) is 4.98 Å². The molecule has 2 heterocycles. The molecule has 2 aromatic heterocycles. The Morgan fingerprint density at radius 1 is 1.14 bits per heavy atom. The van der Waals surface area contributed by atoms with E-state index in [1.807, 2.05) is 53.9 Å². The van der Waals surface area contributed by atoms with Gasteiger partial charge in [0.05, 0.1) is 11.4 Å². The van der Waals surface area contributed by atoms with Crippen LogP contribution < -0.4 is 10.2 Å². The highest BCUT2D eigenvalue weighted by Crippen LogP contribution is 2.28. The summed E-state index contributed by atoms with van der Waals surface area (Å²) in [6, 6.07) is 15.0. The smallest absolute Gasteiger partial charge is 0.244 e. The predicted molar refractivity (Wildman–Crippen MR) is 111 cm³/mol. The summed E-state index contributed by atoms with van der Waals surface area (Å²) in [6.07, 6.45) is 5.49. The highest BCUT2D eigenvalue weighted by atomic mass is 32.1. The van der Waals surface area contributed by atoms with Crippen LogP contribution in [-0.4, -0.2) is 28.3 Å². The van der Waals surface area contributed by atoms with Crippen LogP contribution >= 0.6 is 11.3 Å². The lowest BCUT2D eigenvalue weighted by atomic mass is 10.3. The quantitative estimate of drug-likeness (QED) is 0.624. The number of benzene rings is 1. The Bertz CT molecular complexity index is 955. The van der Waals surface area contributed by atoms with Gasteiger partial charge in [0.15, 0.2) is 5.13 Å². The molecule has 7 heteroatoms. The third kappa shape index (κ3) is 5.34. The zero-order valence-electron chi connectivity index (χ0n) is 15.4. The monoisotopic (exact) mass is 392 g/mol. The van der Waals surface area contributed by atoms with Crippen LogP contribution in [0.2, 0.25) is 0 Å². The first-order chi connectivity index (χ1) is 13.6. The van der Waals surface area contributed by atoms with Crippen molar-refractivity contribution in [3.05, 3.63) is 77.6 Å². The number of hydrogen-bond donors (Lipinski definition) is 1. The number of para-hydroxylation sites is 1. The summed E-state index contributed by atoms with van der Waals surface area (Å²) in [6.45, 7) is 2.01. The van der Waals surface area contributed by atoms with Crippen molar-refractivity contribution in [3.8, 4) is 0 Å². The number of hydrogen-bond acceptors (Lipinski definition) is 5. The average molecular weight is 392 g/mol. The minimum absolute atomic E-state index is 0.122. The molecule has 3 aromatic rings. The number of nitrogens with one attached hydrogen (secondary N) is 1. The van der Waals surface area contributed by atoms with E-state index in [2.05, 4.69) is 15.3 Å². The molecule has 0 saturated heterocycles. The van der Waals surface area contributed by atoms with Crippen molar-refractivity contribution in [1.82, 2.24) is 15.3 Å². The van der Waals surface area contributed by atoms with Gasteiger partial charge in [0, 0.05) is 43.2 Å². The van der Waals surface area contributed by atoms with Crippen LogP contribution in [-0.2, 0) is 16.0 Å². The van der Waals surface area contributed by atoms with Gasteiger partial charge in [-0.1, -0.05) is 24.3 Å². The second kappa shape index (κ2) is 9.57. The third-order valence-electron chi connectivity index (χ3n) is 3.84. The predicted octanol–water partition coefficient (Wildman–Crippen LogP) is 3.59. The van der Waals surface area contributed by atoms with Gasteiger partial charge in [-0.05, 0) is 30.3 Å². The standard InChI is InChI=1S/C21H20N4O2S/c1-16(26)25(19-8-3-2-4-9-19)21-24-18(15-28-21)10-11-20(27)23-14-12-17-7-5-6-13-22-17/h2-11,13,15H,12,14H2,1H3,(H,23,27)/b11-10+. The van der Waals surface area contributed by atoms with Gasteiger partial charge in [0.1, 0.15) is 0 Å². The maximum absolute atomic E-state index is 12.1. The van der Waals surface area contributed by atoms with E-state index in [4.69, 9.17) is 0 Å². The van der Waals surface area contributed by atoms with Crippen LogP contribution in [0.25, 0.3) is 6.08 Å². The highest BCUT2D eigenvalue weighted by molar-refractivity contribution is 7.14. The summed E-state index contributed by atoms with van der Waals surface area (Å²) in [5.74, 6) is -0.319. The molecule has 0 spiro atoms. The fourth-order valence-electron chi connectivity index (χ4n) is 2.54. The van der Waals surface area contributed by atoms with Crippen molar-refractivity contribution in [2.75, 3.05) is 11.4 Å². The van der Waals surface area contributed by atoms with Crippen molar-refractivity contribution in [2.24, 2.45) is 0 Å². The minimum Gasteiger partial charge on any atom is -0.352 e. The third-order valence-corrected chi connectivity index (χ3v) is 4.69. The first kappa shape index (κ1) is 19.4.